The third-order valence-electron chi connectivity index (χ3n) is 4.21. The van der Waals surface area contributed by atoms with Crippen LogP contribution in [0.4, 0.5) is 0 Å². The first-order valence-corrected chi connectivity index (χ1v) is 6.68. The summed E-state index contributed by atoms with van der Waals surface area (Å²) in [6.45, 7) is 3.30. The van der Waals surface area contributed by atoms with E-state index in [9.17, 15) is 0 Å². The number of rotatable bonds is 2. The molecule has 1 aromatic rings. The summed E-state index contributed by atoms with van der Waals surface area (Å²) >= 11 is 0. The molecule has 0 aliphatic carbocycles. The third kappa shape index (κ3) is 1.87. The van der Waals surface area contributed by atoms with Gasteiger partial charge in [-0.2, -0.15) is 0 Å². The Balaban J connectivity index is 1.55. The Kier molecular flexibility index (Phi) is 2.46. The number of piperidine rings is 3. The van der Waals surface area contributed by atoms with Gasteiger partial charge in [0.05, 0.1) is 0 Å². The maximum atomic E-state index is 5.84. The van der Waals surface area contributed by atoms with E-state index in [4.69, 9.17) is 9.57 Å². The number of hydrogen-bond donors (Lipinski definition) is 1. The van der Waals surface area contributed by atoms with Crippen LogP contribution in [0.5, 0.6) is 6.01 Å². The van der Waals surface area contributed by atoms with Gasteiger partial charge in [0, 0.05) is 25.0 Å². The van der Waals surface area contributed by atoms with Crippen LogP contribution in [0.3, 0.4) is 0 Å². The number of ether oxygens (including phenoxy) is 1. The van der Waals surface area contributed by atoms with E-state index in [1.54, 1.807) is 18.5 Å². The van der Waals surface area contributed by atoms with Crippen molar-refractivity contribution in [1.29, 1.82) is 0 Å². The minimum absolute atomic E-state index is 0.236. The van der Waals surface area contributed by atoms with Gasteiger partial charge in [-0.25, -0.2) is 15.4 Å². The summed E-state index contributed by atoms with van der Waals surface area (Å²) in [6.07, 6.45) is 7.74. The van der Waals surface area contributed by atoms with E-state index >= 15 is 0 Å². The molecule has 0 amide bonds. The molecule has 2 bridgehead atoms. The quantitative estimate of drug-likeness (QED) is 0.844. The van der Waals surface area contributed by atoms with Crippen LogP contribution in [0.15, 0.2) is 30.4 Å². The Morgan fingerprint density at radius 2 is 2.11 bits per heavy atom. The summed E-state index contributed by atoms with van der Waals surface area (Å²) in [6, 6.07) is 2.09. The van der Waals surface area contributed by atoms with Crippen molar-refractivity contribution in [3.63, 3.8) is 0 Å². The second-order valence-corrected chi connectivity index (χ2v) is 5.35. The minimum atomic E-state index is -0.236. The predicted molar refractivity (Wildman–Crippen MR) is 66.9 cm³/mol. The molecule has 1 N–H and O–H groups in total. The Bertz CT molecular complexity index is 499. The SMILES string of the molecule is C1=C(Oc2ncccn2)NOC12CN1CCC2CC1. The van der Waals surface area contributed by atoms with Gasteiger partial charge >= 0.3 is 6.01 Å². The number of hydrogen-bond acceptors (Lipinski definition) is 6. The predicted octanol–water partition coefficient (Wildman–Crippen LogP) is 0.696. The molecule has 1 unspecified atom stereocenters. The van der Waals surface area contributed by atoms with E-state index in [1.165, 1.54) is 25.9 Å². The largest absolute Gasteiger partial charge is 0.406 e. The smallest absolute Gasteiger partial charge is 0.323 e. The van der Waals surface area contributed by atoms with Gasteiger partial charge in [-0.1, -0.05) is 0 Å². The second-order valence-electron chi connectivity index (χ2n) is 5.35. The molecule has 5 heterocycles. The van der Waals surface area contributed by atoms with Gasteiger partial charge in [-0.15, -0.1) is 0 Å². The van der Waals surface area contributed by atoms with Gasteiger partial charge in [0.25, 0.3) is 0 Å². The molecule has 1 spiro atoms. The Morgan fingerprint density at radius 1 is 1.32 bits per heavy atom. The highest BCUT2D eigenvalue weighted by Gasteiger charge is 2.50. The summed E-state index contributed by atoms with van der Waals surface area (Å²) in [5.74, 6) is 1.17. The molecular formula is C13H16N4O2. The van der Waals surface area contributed by atoms with E-state index in [1.807, 2.05) is 0 Å². The van der Waals surface area contributed by atoms with Crippen LogP contribution >= 0.6 is 0 Å². The average Bonchev–Trinajstić information content (AvgIpc) is 2.84. The van der Waals surface area contributed by atoms with Gasteiger partial charge < -0.3 is 4.74 Å². The van der Waals surface area contributed by atoms with Crippen LogP contribution in [0, 0.1) is 5.92 Å². The van der Waals surface area contributed by atoms with Crippen LogP contribution in [-0.4, -0.2) is 40.1 Å². The molecule has 1 aromatic heterocycles. The lowest BCUT2D eigenvalue weighted by Gasteiger charge is -2.48. The molecule has 0 aromatic carbocycles. The van der Waals surface area contributed by atoms with Crippen molar-refractivity contribution >= 4 is 0 Å². The van der Waals surface area contributed by atoms with E-state index in [0.29, 0.717) is 17.8 Å². The van der Waals surface area contributed by atoms with Gasteiger partial charge in [-0.3, -0.25) is 9.74 Å². The highest BCUT2D eigenvalue weighted by Crippen LogP contribution is 2.41. The first-order valence-electron chi connectivity index (χ1n) is 6.68. The third-order valence-corrected chi connectivity index (χ3v) is 4.21. The van der Waals surface area contributed by atoms with Crippen molar-refractivity contribution in [3.05, 3.63) is 30.4 Å². The Hall–Kier alpha value is -1.66. The number of hydroxylamine groups is 1. The Morgan fingerprint density at radius 3 is 2.79 bits per heavy atom. The molecule has 4 aliphatic rings. The molecule has 3 fully saturated rings. The number of aromatic nitrogens is 2. The van der Waals surface area contributed by atoms with E-state index in [2.05, 4.69) is 26.4 Å². The molecule has 19 heavy (non-hydrogen) atoms. The fourth-order valence-electron chi connectivity index (χ4n) is 3.25. The highest BCUT2D eigenvalue weighted by molar-refractivity contribution is 5.18. The molecule has 1 atom stereocenters. The zero-order valence-electron chi connectivity index (χ0n) is 10.6. The van der Waals surface area contributed by atoms with Crippen LogP contribution in [0.25, 0.3) is 0 Å². The molecule has 3 saturated heterocycles. The summed E-state index contributed by atoms with van der Waals surface area (Å²) in [7, 11) is 0. The lowest BCUT2D eigenvalue weighted by Crippen LogP contribution is -2.58. The Labute approximate surface area is 111 Å². The topological polar surface area (TPSA) is 59.5 Å². The fraction of sp³-hybridized carbons (Fsp3) is 0.538. The first kappa shape index (κ1) is 11.2. The molecular weight excluding hydrogens is 244 g/mol. The van der Waals surface area contributed by atoms with Crippen molar-refractivity contribution in [1.82, 2.24) is 20.3 Å². The van der Waals surface area contributed by atoms with Gasteiger partial charge in [0.1, 0.15) is 5.60 Å². The molecule has 0 saturated carbocycles. The van der Waals surface area contributed by atoms with Crippen molar-refractivity contribution in [2.75, 3.05) is 19.6 Å². The second kappa shape index (κ2) is 4.18. The van der Waals surface area contributed by atoms with Crippen molar-refractivity contribution in [2.45, 2.75) is 18.4 Å². The summed E-state index contributed by atoms with van der Waals surface area (Å²) in [5, 5.41) is 0. The molecule has 6 nitrogen and oxygen atoms in total. The van der Waals surface area contributed by atoms with Crippen molar-refractivity contribution < 1.29 is 9.57 Å². The number of fused-ring (bicyclic) bond motifs is 2. The molecule has 5 rings (SSSR count). The summed E-state index contributed by atoms with van der Waals surface area (Å²) < 4.78 is 5.59. The van der Waals surface area contributed by atoms with Gasteiger partial charge in [0.2, 0.25) is 5.88 Å². The van der Waals surface area contributed by atoms with Gasteiger partial charge in [-0.05, 0) is 37.9 Å². The van der Waals surface area contributed by atoms with Crippen molar-refractivity contribution in [3.8, 4) is 6.01 Å². The van der Waals surface area contributed by atoms with E-state index in [-0.39, 0.29) is 5.60 Å². The standard InChI is InChI=1S/C13H16N4O2/c1-4-14-12(15-5-1)18-11-8-13(19-16-11)9-17-6-2-10(13)3-7-17/h1,4-5,8,10,16H,2-3,6-7,9H2. The lowest BCUT2D eigenvalue weighted by molar-refractivity contribution is -0.141. The molecule has 0 radical (unpaired) electrons. The first-order chi connectivity index (χ1) is 9.34. The van der Waals surface area contributed by atoms with Gasteiger partial charge in [0.15, 0.2) is 0 Å². The maximum Gasteiger partial charge on any atom is 0.323 e. The molecule has 100 valence electrons. The fourth-order valence-corrected chi connectivity index (χ4v) is 3.25. The molecule has 6 heteroatoms. The van der Waals surface area contributed by atoms with Crippen molar-refractivity contribution in [2.24, 2.45) is 5.92 Å². The van der Waals surface area contributed by atoms with E-state index < -0.39 is 0 Å². The molecule has 4 aliphatic heterocycles. The average molecular weight is 260 g/mol. The summed E-state index contributed by atoms with van der Waals surface area (Å²) in [5.41, 5.74) is 2.65. The maximum absolute atomic E-state index is 5.84. The highest BCUT2D eigenvalue weighted by atomic mass is 16.7. The number of nitrogens with one attached hydrogen (secondary N) is 1. The number of nitrogens with zero attached hydrogens (tertiary/aromatic N) is 3. The zero-order valence-corrected chi connectivity index (χ0v) is 10.6. The summed E-state index contributed by atoms with van der Waals surface area (Å²) in [4.78, 5) is 16.4. The van der Waals surface area contributed by atoms with E-state index in [0.717, 1.165) is 6.54 Å². The van der Waals surface area contributed by atoms with Crippen LogP contribution in [0.1, 0.15) is 12.8 Å². The van der Waals surface area contributed by atoms with Crippen LogP contribution in [-0.2, 0) is 4.84 Å². The minimum Gasteiger partial charge on any atom is -0.406 e. The monoisotopic (exact) mass is 260 g/mol. The van der Waals surface area contributed by atoms with Crippen LogP contribution in [0.2, 0.25) is 0 Å². The lowest BCUT2D eigenvalue weighted by atomic mass is 9.75. The van der Waals surface area contributed by atoms with Crippen LogP contribution < -0.4 is 10.2 Å². The normalized spacial score (nSPS) is 36.1. The zero-order chi connectivity index (χ0) is 12.7.